The lowest BCUT2D eigenvalue weighted by Gasteiger charge is -2.21. The fourth-order valence-corrected chi connectivity index (χ4v) is 2.05. The van der Waals surface area contributed by atoms with Gasteiger partial charge in [0.1, 0.15) is 5.75 Å². The van der Waals surface area contributed by atoms with Crippen molar-refractivity contribution >= 4 is 17.3 Å². The van der Waals surface area contributed by atoms with Crippen LogP contribution in [-0.4, -0.2) is 26.6 Å². The molecule has 2 nitrogen and oxygen atoms in total. The number of ether oxygens (including phenoxy) is 1. The van der Waals surface area contributed by atoms with Crippen molar-refractivity contribution in [2.45, 2.75) is 25.7 Å². The Morgan fingerprint density at radius 3 is 2.53 bits per heavy atom. The molecule has 0 heterocycles. The van der Waals surface area contributed by atoms with Crippen LogP contribution in [0.3, 0.4) is 0 Å². The second-order valence-electron chi connectivity index (χ2n) is 4.20. The molecule has 3 heteroatoms. The Morgan fingerprint density at radius 2 is 1.82 bits per heavy atom. The van der Waals surface area contributed by atoms with E-state index in [1.807, 2.05) is 18.2 Å². The number of benzene rings is 1. The van der Waals surface area contributed by atoms with Gasteiger partial charge in [-0.05, 0) is 25.0 Å². The Morgan fingerprint density at radius 1 is 1.12 bits per heavy atom. The molecule has 0 aliphatic heterocycles. The highest BCUT2D eigenvalue weighted by Gasteiger charge is 2.06. The summed E-state index contributed by atoms with van der Waals surface area (Å²) in [5.41, 5.74) is 1.16. The molecule has 0 atom stereocenters. The molecule has 0 radical (unpaired) electrons. The third-order valence-electron chi connectivity index (χ3n) is 2.87. The van der Waals surface area contributed by atoms with Gasteiger partial charge >= 0.3 is 0 Å². The first kappa shape index (κ1) is 14.2. The zero-order valence-electron chi connectivity index (χ0n) is 10.8. The van der Waals surface area contributed by atoms with Gasteiger partial charge in [0.15, 0.2) is 0 Å². The SMILES string of the molecule is COc1ccccc1N(C)CCCCCCCl. The quantitative estimate of drug-likeness (QED) is 0.516. The Bertz CT molecular complexity index is 317. The van der Waals surface area contributed by atoms with Crippen molar-refractivity contribution in [1.29, 1.82) is 0 Å². The van der Waals surface area contributed by atoms with Crippen molar-refractivity contribution in [1.82, 2.24) is 0 Å². The number of halogens is 1. The van der Waals surface area contributed by atoms with Crippen LogP contribution in [-0.2, 0) is 0 Å². The van der Waals surface area contributed by atoms with Gasteiger partial charge in [-0.2, -0.15) is 0 Å². The molecule has 1 rings (SSSR count). The van der Waals surface area contributed by atoms with Crippen molar-refractivity contribution in [3.8, 4) is 5.75 Å². The van der Waals surface area contributed by atoms with E-state index in [-0.39, 0.29) is 0 Å². The average Bonchev–Trinajstić information content (AvgIpc) is 2.38. The summed E-state index contributed by atoms with van der Waals surface area (Å²) in [6.45, 7) is 1.06. The maximum absolute atomic E-state index is 5.65. The number of para-hydroxylation sites is 2. The molecule has 17 heavy (non-hydrogen) atoms. The third kappa shape index (κ3) is 4.86. The summed E-state index contributed by atoms with van der Waals surface area (Å²) in [7, 11) is 3.83. The molecule has 0 N–H and O–H groups in total. The van der Waals surface area contributed by atoms with Gasteiger partial charge in [0, 0.05) is 19.5 Å². The standard InChI is InChI=1S/C14H22ClNO/c1-16(12-8-4-3-7-11-15)13-9-5-6-10-14(13)17-2/h5-6,9-10H,3-4,7-8,11-12H2,1-2H3. The van der Waals surface area contributed by atoms with E-state index in [1.54, 1.807) is 7.11 Å². The van der Waals surface area contributed by atoms with Crippen LogP contribution in [0.1, 0.15) is 25.7 Å². The van der Waals surface area contributed by atoms with E-state index in [1.165, 1.54) is 19.3 Å². The van der Waals surface area contributed by atoms with Crippen molar-refractivity contribution in [3.63, 3.8) is 0 Å². The predicted octanol–water partition coefficient (Wildman–Crippen LogP) is 3.93. The Hall–Kier alpha value is -0.890. The fraction of sp³-hybridized carbons (Fsp3) is 0.571. The zero-order valence-corrected chi connectivity index (χ0v) is 11.5. The van der Waals surface area contributed by atoms with E-state index in [9.17, 15) is 0 Å². The van der Waals surface area contributed by atoms with E-state index < -0.39 is 0 Å². The Balaban J connectivity index is 2.38. The van der Waals surface area contributed by atoms with Crippen molar-refractivity contribution < 1.29 is 4.74 Å². The summed E-state index contributed by atoms with van der Waals surface area (Å²) in [5.74, 6) is 1.72. The molecule has 1 aromatic carbocycles. The lowest BCUT2D eigenvalue weighted by atomic mass is 10.2. The van der Waals surface area contributed by atoms with Gasteiger partial charge in [-0.3, -0.25) is 0 Å². The molecule has 0 aliphatic rings. The maximum Gasteiger partial charge on any atom is 0.142 e. The van der Waals surface area contributed by atoms with Crippen LogP contribution < -0.4 is 9.64 Å². The van der Waals surface area contributed by atoms with E-state index >= 15 is 0 Å². The molecule has 0 bridgehead atoms. The number of hydrogen-bond acceptors (Lipinski definition) is 2. The van der Waals surface area contributed by atoms with Crippen LogP contribution in [0, 0.1) is 0 Å². The summed E-state index contributed by atoms with van der Waals surface area (Å²) >= 11 is 5.65. The van der Waals surface area contributed by atoms with Gasteiger partial charge in [-0.25, -0.2) is 0 Å². The van der Waals surface area contributed by atoms with Crippen LogP contribution in [0.4, 0.5) is 5.69 Å². The third-order valence-corrected chi connectivity index (χ3v) is 3.14. The number of alkyl halides is 1. The molecule has 0 fully saturated rings. The molecule has 1 aromatic rings. The van der Waals surface area contributed by atoms with Crippen molar-refractivity contribution in [2.24, 2.45) is 0 Å². The van der Waals surface area contributed by atoms with E-state index in [0.29, 0.717) is 0 Å². The average molecular weight is 256 g/mol. The predicted molar refractivity (Wildman–Crippen MR) is 75.5 cm³/mol. The minimum atomic E-state index is 0.780. The number of anilines is 1. The Labute approximate surface area is 110 Å². The van der Waals surface area contributed by atoms with Crippen LogP contribution in [0.15, 0.2) is 24.3 Å². The van der Waals surface area contributed by atoms with Crippen LogP contribution in [0.5, 0.6) is 5.75 Å². The highest BCUT2D eigenvalue weighted by atomic mass is 35.5. The van der Waals surface area contributed by atoms with E-state index in [4.69, 9.17) is 16.3 Å². The molecule has 0 aliphatic carbocycles. The molecule has 0 spiro atoms. The van der Waals surface area contributed by atoms with Gasteiger partial charge in [-0.15, -0.1) is 11.6 Å². The summed E-state index contributed by atoms with van der Waals surface area (Å²) < 4.78 is 5.35. The van der Waals surface area contributed by atoms with Crippen LogP contribution >= 0.6 is 11.6 Å². The smallest absolute Gasteiger partial charge is 0.142 e. The summed E-state index contributed by atoms with van der Waals surface area (Å²) in [5, 5.41) is 0. The Kier molecular flexibility index (Phi) is 6.87. The number of nitrogens with zero attached hydrogens (tertiary/aromatic N) is 1. The first-order valence-electron chi connectivity index (χ1n) is 6.19. The fourth-order valence-electron chi connectivity index (χ4n) is 1.86. The molecular weight excluding hydrogens is 234 g/mol. The minimum absolute atomic E-state index is 0.780. The molecule has 0 unspecified atom stereocenters. The number of rotatable bonds is 8. The molecular formula is C14H22ClNO. The van der Waals surface area contributed by atoms with E-state index in [0.717, 1.165) is 30.3 Å². The lowest BCUT2D eigenvalue weighted by Crippen LogP contribution is -2.19. The molecule has 0 saturated carbocycles. The molecule has 0 saturated heterocycles. The maximum atomic E-state index is 5.65. The first-order valence-corrected chi connectivity index (χ1v) is 6.73. The molecule has 0 aromatic heterocycles. The zero-order chi connectivity index (χ0) is 12.5. The molecule has 96 valence electrons. The van der Waals surface area contributed by atoms with Crippen molar-refractivity contribution in [2.75, 3.05) is 31.5 Å². The second-order valence-corrected chi connectivity index (χ2v) is 4.57. The summed E-state index contributed by atoms with van der Waals surface area (Å²) in [6.07, 6.45) is 4.79. The lowest BCUT2D eigenvalue weighted by molar-refractivity contribution is 0.414. The van der Waals surface area contributed by atoms with E-state index in [2.05, 4.69) is 18.0 Å². The van der Waals surface area contributed by atoms with Gasteiger partial charge < -0.3 is 9.64 Å². The summed E-state index contributed by atoms with van der Waals surface area (Å²) in [6, 6.07) is 8.13. The normalized spacial score (nSPS) is 10.3. The van der Waals surface area contributed by atoms with Gasteiger partial charge in [-0.1, -0.05) is 25.0 Å². The second kappa shape index (κ2) is 8.24. The number of unbranched alkanes of at least 4 members (excludes halogenated alkanes) is 3. The first-order chi connectivity index (χ1) is 8.29. The summed E-state index contributed by atoms with van der Waals surface area (Å²) in [4.78, 5) is 2.25. The van der Waals surface area contributed by atoms with Crippen LogP contribution in [0.25, 0.3) is 0 Å². The largest absolute Gasteiger partial charge is 0.495 e. The van der Waals surface area contributed by atoms with Crippen LogP contribution in [0.2, 0.25) is 0 Å². The van der Waals surface area contributed by atoms with Gasteiger partial charge in [0.2, 0.25) is 0 Å². The van der Waals surface area contributed by atoms with Gasteiger partial charge in [0.05, 0.1) is 12.8 Å². The molecule has 0 amide bonds. The highest BCUT2D eigenvalue weighted by Crippen LogP contribution is 2.26. The topological polar surface area (TPSA) is 12.5 Å². The van der Waals surface area contributed by atoms with Gasteiger partial charge in [0.25, 0.3) is 0 Å². The highest BCUT2D eigenvalue weighted by molar-refractivity contribution is 6.17. The monoisotopic (exact) mass is 255 g/mol. The number of methoxy groups -OCH3 is 1. The number of hydrogen-bond donors (Lipinski definition) is 0. The van der Waals surface area contributed by atoms with Crippen molar-refractivity contribution in [3.05, 3.63) is 24.3 Å². The minimum Gasteiger partial charge on any atom is -0.495 e.